The molecular formula is C14H21BrN2O3. The van der Waals surface area contributed by atoms with Crippen LogP contribution in [0.3, 0.4) is 0 Å². The number of hydrogen-bond donors (Lipinski definition) is 1. The molecule has 0 bridgehead atoms. The Kier molecular flexibility index (Phi) is 5.95. The van der Waals surface area contributed by atoms with Crippen molar-refractivity contribution in [3.05, 3.63) is 32.3 Å². The van der Waals surface area contributed by atoms with Gasteiger partial charge in [-0.3, -0.25) is 10.1 Å². The number of rotatable bonds is 6. The van der Waals surface area contributed by atoms with Gasteiger partial charge in [-0.2, -0.15) is 0 Å². The second-order valence-corrected chi connectivity index (χ2v) is 6.62. The summed E-state index contributed by atoms with van der Waals surface area (Å²) in [6, 6.07) is 3.28. The van der Waals surface area contributed by atoms with Crippen molar-refractivity contribution in [2.24, 2.45) is 0 Å². The predicted molar refractivity (Wildman–Crippen MR) is 83.4 cm³/mol. The second kappa shape index (κ2) is 7.04. The number of benzene rings is 1. The molecule has 0 atom stereocenters. The summed E-state index contributed by atoms with van der Waals surface area (Å²) in [4.78, 5) is 10.6. The van der Waals surface area contributed by atoms with Crippen LogP contribution in [0, 0.1) is 17.0 Å². The van der Waals surface area contributed by atoms with Crippen LogP contribution in [0.25, 0.3) is 0 Å². The molecule has 20 heavy (non-hydrogen) atoms. The molecule has 0 aliphatic carbocycles. The summed E-state index contributed by atoms with van der Waals surface area (Å²) in [6.07, 6.45) is 0.796. The van der Waals surface area contributed by atoms with Gasteiger partial charge in [0.2, 0.25) is 0 Å². The number of halogens is 1. The van der Waals surface area contributed by atoms with Crippen molar-refractivity contribution >= 4 is 21.6 Å². The maximum absolute atomic E-state index is 11.0. The van der Waals surface area contributed by atoms with Crippen molar-refractivity contribution in [2.75, 3.05) is 13.2 Å². The zero-order valence-electron chi connectivity index (χ0n) is 12.3. The summed E-state index contributed by atoms with van der Waals surface area (Å²) in [5, 5.41) is 14.4. The third-order valence-corrected chi connectivity index (χ3v) is 3.10. The molecule has 1 N–H and O–H groups in total. The normalized spacial score (nSPS) is 11.4. The number of aryl methyl sites for hydroxylation is 1. The van der Waals surface area contributed by atoms with Crippen LogP contribution in [-0.4, -0.2) is 23.6 Å². The van der Waals surface area contributed by atoms with Gasteiger partial charge in [0.15, 0.2) is 5.75 Å². The molecule has 1 aromatic rings. The van der Waals surface area contributed by atoms with Crippen LogP contribution in [0.5, 0.6) is 5.75 Å². The van der Waals surface area contributed by atoms with E-state index in [0.717, 1.165) is 18.5 Å². The largest absolute Gasteiger partial charge is 0.487 e. The number of nitrogens with one attached hydrogen (secondary N) is 1. The molecule has 0 saturated heterocycles. The topological polar surface area (TPSA) is 64.4 Å². The quantitative estimate of drug-likeness (QED) is 0.484. The van der Waals surface area contributed by atoms with Gasteiger partial charge in [-0.25, -0.2) is 0 Å². The molecule has 0 radical (unpaired) electrons. The standard InChI is InChI=1S/C14H21BrN2O3/c1-10-8-11(15)9-12(17(18)19)13(10)20-7-5-6-16-14(2,3)4/h8-9,16H,5-7H2,1-4H3. The molecule has 0 spiro atoms. The lowest BCUT2D eigenvalue weighted by Crippen LogP contribution is -2.36. The average Bonchev–Trinajstić information content (AvgIpc) is 2.28. The van der Waals surface area contributed by atoms with E-state index in [1.165, 1.54) is 6.07 Å². The molecule has 0 aliphatic rings. The SMILES string of the molecule is Cc1cc(Br)cc([N+](=O)[O-])c1OCCCNC(C)(C)C. The Bertz CT molecular complexity index is 484. The molecule has 0 aromatic heterocycles. The highest BCUT2D eigenvalue weighted by atomic mass is 79.9. The van der Waals surface area contributed by atoms with E-state index in [0.29, 0.717) is 16.8 Å². The minimum atomic E-state index is -0.416. The number of nitro groups is 1. The molecule has 0 amide bonds. The van der Waals surface area contributed by atoms with Crippen LogP contribution in [-0.2, 0) is 0 Å². The maximum Gasteiger partial charge on any atom is 0.312 e. The first-order valence-corrected chi connectivity index (χ1v) is 7.32. The van der Waals surface area contributed by atoms with Gasteiger partial charge in [-0.1, -0.05) is 15.9 Å². The van der Waals surface area contributed by atoms with Crippen molar-refractivity contribution in [2.45, 2.75) is 39.7 Å². The predicted octanol–water partition coefficient (Wildman–Crippen LogP) is 3.82. The van der Waals surface area contributed by atoms with Crippen molar-refractivity contribution in [3.8, 4) is 5.75 Å². The Morgan fingerprint density at radius 1 is 1.40 bits per heavy atom. The highest BCUT2D eigenvalue weighted by Crippen LogP contribution is 2.34. The van der Waals surface area contributed by atoms with Gasteiger partial charge < -0.3 is 10.1 Å². The van der Waals surface area contributed by atoms with E-state index in [2.05, 4.69) is 42.0 Å². The molecule has 0 aliphatic heterocycles. The van der Waals surface area contributed by atoms with Crippen molar-refractivity contribution in [1.29, 1.82) is 0 Å². The molecule has 0 heterocycles. The van der Waals surface area contributed by atoms with Crippen molar-refractivity contribution in [3.63, 3.8) is 0 Å². The summed E-state index contributed by atoms with van der Waals surface area (Å²) in [5.74, 6) is 0.356. The highest BCUT2D eigenvalue weighted by molar-refractivity contribution is 9.10. The average molecular weight is 345 g/mol. The molecule has 112 valence electrons. The van der Waals surface area contributed by atoms with Gasteiger partial charge in [-0.15, -0.1) is 0 Å². The summed E-state index contributed by atoms with van der Waals surface area (Å²) >= 11 is 3.26. The van der Waals surface area contributed by atoms with E-state index < -0.39 is 4.92 Å². The number of ether oxygens (including phenoxy) is 1. The summed E-state index contributed by atoms with van der Waals surface area (Å²) < 4.78 is 6.28. The van der Waals surface area contributed by atoms with Gasteiger partial charge in [0.25, 0.3) is 0 Å². The molecule has 5 nitrogen and oxygen atoms in total. The molecular weight excluding hydrogens is 324 g/mol. The molecule has 0 saturated carbocycles. The lowest BCUT2D eigenvalue weighted by atomic mass is 10.1. The summed E-state index contributed by atoms with van der Waals surface area (Å²) in [7, 11) is 0. The first kappa shape index (κ1) is 16.9. The molecule has 0 unspecified atom stereocenters. The minimum absolute atomic E-state index is 0.000607. The maximum atomic E-state index is 11.0. The second-order valence-electron chi connectivity index (χ2n) is 5.71. The van der Waals surface area contributed by atoms with E-state index in [-0.39, 0.29) is 11.2 Å². The van der Waals surface area contributed by atoms with E-state index in [1.54, 1.807) is 6.92 Å². The van der Waals surface area contributed by atoms with Gasteiger partial charge >= 0.3 is 5.69 Å². The lowest BCUT2D eigenvalue weighted by molar-refractivity contribution is -0.386. The Balaban J connectivity index is 2.62. The first-order chi connectivity index (χ1) is 9.20. The zero-order valence-corrected chi connectivity index (χ0v) is 13.9. The van der Waals surface area contributed by atoms with E-state index in [9.17, 15) is 10.1 Å². The lowest BCUT2D eigenvalue weighted by Gasteiger charge is -2.20. The molecule has 1 rings (SSSR count). The van der Waals surface area contributed by atoms with Crippen LogP contribution in [0.2, 0.25) is 0 Å². The summed E-state index contributed by atoms with van der Waals surface area (Å²) in [5.41, 5.74) is 0.829. The fraction of sp³-hybridized carbons (Fsp3) is 0.571. The van der Waals surface area contributed by atoms with Crippen LogP contribution < -0.4 is 10.1 Å². The van der Waals surface area contributed by atoms with Gasteiger partial charge in [0, 0.05) is 16.1 Å². The summed E-state index contributed by atoms with van der Waals surface area (Å²) in [6.45, 7) is 9.35. The third-order valence-electron chi connectivity index (χ3n) is 2.64. The Hall–Kier alpha value is -1.14. The fourth-order valence-electron chi connectivity index (χ4n) is 1.75. The molecule has 1 aromatic carbocycles. The molecule has 6 heteroatoms. The van der Waals surface area contributed by atoms with Gasteiger partial charge in [0.05, 0.1) is 11.5 Å². The minimum Gasteiger partial charge on any atom is -0.487 e. The van der Waals surface area contributed by atoms with E-state index in [1.807, 2.05) is 6.07 Å². The molecule has 0 fully saturated rings. The van der Waals surface area contributed by atoms with Gasteiger partial charge in [-0.05, 0) is 52.3 Å². The smallest absolute Gasteiger partial charge is 0.312 e. The monoisotopic (exact) mass is 344 g/mol. The zero-order chi connectivity index (χ0) is 15.3. The van der Waals surface area contributed by atoms with Crippen LogP contribution in [0.15, 0.2) is 16.6 Å². The highest BCUT2D eigenvalue weighted by Gasteiger charge is 2.18. The van der Waals surface area contributed by atoms with E-state index in [4.69, 9.17) is 4.74 Å². The van der Waals surface area contributed by atoms with Crippen LogP contribution >= 0.6 is 15.9 Å². The fourth-order valence-corrected chi connectivity index (χ4v) is 2.31. The van der Waals surface area contributed by atoms with Crippen LogP contribution in [0.1, 0.15) is 32.8 Å². The van der Waals surface area contributed by atoms with Crippen molar-refractivity contribution < 1.29 is 9.66 Å². The van der Waals surface area contributed by atoms with Crippen LogP contribution in [0.4, 0.5) is 5.69 Å². The third kappa shape index (κ3) is 5.46. The number of nitrogens with zero attached hydrogens (tertiary/aromatic N) is 1. The Morgan fingerprint density at radius 2 is 2.05 bits per heavy atom. The van der Waals surface area contributed by atoms with Gasteiger partial charge in [0.1, 0.15) is 0 Å². The number of nitro benzene ring substituents is 1. The first-order valence-electron chi connectivity index (χ1n) is 6.53. The van der Waals surface area contributed by atoms with Crippen molar-refractivity contribution in [1.82, 2.24) is 5.32 Å². The van der Waals surface area contributed by atoms with E-state index >= 15 is 0 Å². The number of hydrogen-bond acceptors (Lipinski definition) is 4. The Labute approximate surface area is 128 Å². The Morgan fingerprint density at radius 3 is 2.60 bits per heavy atom.